The van der Waals surface area contributed by atoms with E-state index in [4.69, 9.17) is 0 Å². The second kappa shape index (κ2) is 3.66. The Kier molecular flexibility index (Phi) is 2.31. The van der Waals surface area contributed by atoms with Gasteiger partial charge in [-0.1, -0.05) is 29.5 Å². The number of rotatable bonds is 1. The normalized spacial score (nSPS) is 11.0. The molecule has 2 heterocycles. The first-order valence-corrected chi connectivity index (χ1v) is 6.79. The molecule has 3 rings (SSSR count). The van der Waals surface area contributed by atoms with Crippen molar-refractivity contribution in [1.82, 2.24) is 10.2 Å². The largest absolute Gasteiger partial charge is 0.183 e. The third-order valence-corrected chi connectivity index (χ3v) is 4.46. The van der Waals surface area contributed by atoms with Crippen molar-refractivity contribution >= 4 is 48.7 Å². The lowest BCUT2D eigenvalue weighted by molar-refractivity contribution is 1.08. The second-order valence-corrected chi connectivity index (χ2v) is 6.17. The van der Waals surface area contributed by atoms with Gasteiger partial charge in [-0.15, -0.1) is 21.5 Å². The van der Waals surface area contributed by atoms with E-state index in [0.717, 1.165) is 8.92 Å². The van der Waals surface area contributed by atoms with Crippen LogP contribution in [-0.4, -0.2) is 10.2 Å². The molecule has 0 saturated heterocycles. The molecule has 5 heteroatoms. The van der Waals surface area contributed by atoms with E-state index in [0.29, 0.717) is 0 Å². The van der Waals surface area contributed by atoms with Crippen LogP contribution in [0.1, 0.15) is 0 Å². The Balaban J connectivity index is 2.27. The Hall–Kier alpha value is -0.780. The zero-order valence-electron chi connectivity index (χ0n) is 7.48. The van der Waals surface area contributed by atoms with Crippen LogP contribution in [0, 0.1) is 0 Å². The standard InChI is InChI=1S/C10H5BrN2S2/c11-10-13-12-9(15-10)7-5-14-8-4-2-1-3-6(7)8/h1-5H. The number of aromatic nitrogens is 2. The SMILES string of the molecule is Brc1nnc(-c2csc3ccccc23)s1. The molecule has 3 aromatic rings. The summed E-state index contributed by atoms with van der Waals surface area (Å²) < 4.78 is 2.12. The molecule has 0 fully saturated rings. The van der Waals surface area contributed by atoms with E-state index < -0.39 is 0 Å². The van der Waals surface area contributed by atoms with E-state index in [1.165, 1.54) is 15.6 Å². The average Bonchev–Trinajstić information content (AvgIpc) is 2.83. The fourth-order valence-corrected chi connectivity index (χ4v) is 3.62. The molecule has 0 saturated carbocycles. The molecule has 0 atom stereocenters. The minimum absolute atomic E-state index is 0.827. The van der Waals surface area contributed by atoms with Crippen LogP contribution < -0.4 is 0 Å². The zero-order valence-corrected chi connectivity index (χ0v) is 10.7. The summed E-state index contributed by atoms with van der Waals surface area (Å²) in [5.41, 5.74) is 1.18. The Morgan fingerprint density at radius 1 is 1.13 bits per heavy atom. The lowest BCUT2D eigenvalue weighted by Crippen LogP contribution is -1.73. The number of thiophene rings is 1. The van der Waals surface area contributed by atoms with Crippen molar-refractivity contribution in [2.75, 3.05) is 0 Å². The molecule has 74 valence electrons. The highest BCUT2D eigenvalue weighted by Crippen LogP contribution is 2.35. The maximum atomic E-state index is 4.14. The smallest absolute Gasteiger partial charge is 0.143 e. The van der Waals surface area contributed by atoms with Crippen molar-refractivity contribution in [3.05, 3.63) is 33.6 Å². The van der Waals surface area contributed by atoms with Gasteiger partial charge in [0, 0.05) is 21.0 Å². The van der Waals surface area contributed by atoms with Crippen molar-refractivity contribution in [3.8, 4) is 10.6 Å². The van der Waals surface area contributed by atoms with Gasteiger partial charge in [-0.2, -0.15) is 0 Å². The van der Waals surface area contributed by atoms with Gasteiger partial charge in [-0.3, -0.25) is 0 Å². The third-order valence-electron chi connectivity index (χ3n) is 2.11. The van der Waals surface area contributed by atoms with E-state index in [9.17, 15) is 0 Å². The predicted octanol–water partition coefficient (Wildman–Crippen LogP) is 4.18. The van der Waals surface area contributed by atoms with Gasteiger partial charge in [0.15, 0.2) is 3.92 Å². The summed E-state index contributed by atoms with van der Waals surface area (Å²) in [6.07, 6.45) is 0. The maximum absolute atomic E-state index is 4.14. The summed E-state index contributed by atoms with van der Waals surface area (Å²) in [5.74, 6) is 0. The molecule has 0 amide bonds. The highest BCUT2D eigenvalue weighted by atomic mass is 79.9. The number of hydrogen-bond acceptors (Lipinski definition) is 4. The molecule has 1 aromatic carbocycles. The van der Waals surface area contributed by atoms with E-state index in [1.807, 2.05) is 0 Å². The van der Waals surface area contributed by atoms with Gasteiger partial charge in [0.1, 0.15) is 5.01 Å². The monoisotopic (exact) mass is 296 g/mol. The van der Waals surface area contributed by atoms with Crippen molar-refractivity contribution in [2.45, 2.75) is 0 Å². The fourth-order valence-electron chi connectivity index (χ4n) is 1.46. The van der Waals surface area contributed by atoms with Crippen LogP contribution in [0.15, 0.2) is 33.6 Å². The highest BCUT2D eigenvalue weighted by Gasteiger charge is 2.09. The van der Waals surface area contributed by atoms with Gasteiger partial charge in [0.05, 0.1) is 0 Å². The number of nitrogens with zero attached hydrogens (tertiary/aromatic N) is 2. The lowest BCUT2D eigenvalue weighted by atomic mass is 10.2. The van der Waals surface area contributed by atoms with Crippen molar-refractivity contribution in [3.63, 3.8) is 0 Å². The van der Waals surface area contributed by atoms with Gasteiger partial charge in [0.2, 0.25) is 0 Å². The molecule has 2 nitrogen and oxygen atoms in total. The van der Waals surface area contributed by atoms with Crippen LogP contribution in [0.4, 0.5) is 0 Å². The molecule has 0 spiro atoms. The van der Waals surface area contributed by atoms with Gasteiger partial charge in [-0.05, 0) is 22.0 Å². The summed E-state index contributed by atoms with van der Waals surface area (Å²) in [4.78, 5) is 0. The Labute approximate surface area is 103 Å². The van der Waals surface area contributed by atoms with Crippen molar-refractivity contribution in [1.29, 1.82) is 0 Å². The van der Waals surface area contributed by atoms with Crippen molar-refractivity contribution < 1.29 is 0 Å². The van der Waals surface area contributed by atoms with E-state index in [-0.39, 0.29) is 0 Å². The van der Waals surface area contributed by atoms with E-state index >= 15 is 0 Å². The fraction of sp³-hybridized carbons (Fsp3) is 0. The number of halogens is 1. The molecular weight excluding hydrogens is 292 g/mol. The number of hydrogen-bond donors (Lipinski definition) is 0. The summed E-state index contributed by atoms with van der Waals surface area (Å²) in [7, 11) is 0. The van der Waals surface area contributed by atoms with Crippen LogP contribution in [-0.2, 0) is 0 Å². The van der Waals surface area contributed by atoms with E-state index in [1.54, 1.807) is 22.7 Å². The first-order chi connectivity index (χ1) is 7.34. The van der Waals surface area contributed by atoms with Crippen LogP contribution in [0.2, 0.25) is 0 Å². The Bertz CT molecular complexity index is 614. The summed E-state index contributed by atoms with van der Waals surface area (Å²) in [5, 5.41) is 12.5. The Morgan fingerprint density at radius 3 is 2.80 bits per heavy atom. The van der Waals surface area contributed by atoms with Crippen LogP contribution in [0.5, 0.6) is 0 Å². The topological polar surface area (TPSA) is 25.8 Å². The van der Waals surface area contributed by atoms with Gasteiger partial charge >= 0.3 is 0 Å². The quantitative estimate of drug-likeness (QED) is 0.673. The Morgan fingerprint density at radius 2 is 2.00 bits per heavy atom. The number of fused-ring (bicyclic) bond motifs is 1. The second-order valence-electron chi connectivity index (χ2n) is 3.01. The molecule has 0 bridgehead atoms. The first kappa shape index (κ1) is 9.45. The van der Waals surface area contributed by atoms with E-state index in [2.05, 4.69) is 55.8 Å². The van der Waals surface area contributed by atoms with Gasteiger partial charge < -0.3 is 0 Å². The molecule has 0 radical (unpaired) electrons. The minimum Gasteiger partial charge on any atom is -0.143 e. The summed E-state index contributed by atoms with van der Waals surface area (Å²) >= 11 is 6.63. The summed E-state index contributed by atoms with van der Waals surface area (Å²) in [6, 6.07) is 8.35. The molecule has 2 aromatic heterocycles. The zero-order chi connectivity index (χ0) is 10.3. The third kappa shape index (κ3) is 1.60. The molecule has 15 heavy (non-hydrogen) atoms. The van der Waals surface area contributed by atoms with Crippen molar-refractivity contribution in [2.24, 2.45) is 0 Å². The highest BCUT2D eigenvalue weighted by molar-refractivity contribution is 9.11. The van der Waals surface area contributed by atoms with Crippen LogP contribution in [0.25, 0.3) is 20.7 Å². The van der Waals surface area contributed by atoms with Gasteiger partial charge in [-0.25, -0.2) is 0 Å². The molecule has 0 aliphatic carbocycles. The first-order valence-electron chi connectivity index (χ1n) is 4.30. The molecule has 0 aliphatic rings. The average molecular weight is 297 g/mol. The number of benzene rings is 1. The predicted molar refractivity (Wildman–Crippen MR) is 68.4 cm³/mol. The summed E-state index contributed by atoms with van der Waals surface area (Å²) in [6.45, 7) is 0. The van der Waals surface area contributed by atoms with Crippen LogP contribution >= 0.6 is 38.6 Å². The van der Waals surface area contributed by atoms with Gasteiger partial charge in [0.25, 0.3) is 0 Å². The molecule has 0 N–H and O–H groups in total. The molecule has 0 aliphatic heterocycles. The molecular formula is C10H5BrN2S2. The molecule has 0 unspecified atom stereocenters. The minimum atomic E-state index is 0.827. The maximum Gasteiger partial charge on any atom is 0.183 e. The van der Waals surface area contributed by atoms with Crippen LogP contribution in [0.3, 0.4) is 0 Å². The lowest BCUT2D eigenvalue weighted by Gasteiger charge is -1.91.